The van der Waals surface area contributed by atoms with Crippen LogP contribution >= 0.6 is 0 Å². The van der Waals surface area contributed by atoms with Gasteiger partial charge in [0, 0.05) is 124 Å². The van der Waals surface area contributed by atoms with E-state index in [0.29, 0.717) is 0 Å². The summed E-state index contributed by atoms with van der Waals surface area (Å²) in [6, 6.07) is 92.5. The highest BCUT2D eigenvalue weighted by Crippen LogP contribution is 2.38. The maximum atomic E-state index is 4.96. The van der Waals surface area contributed by atoms with Crippen molar-refractivity contribution in [3.8, 4) is 0 Å². The van der Waals surface area contributed by atoms with Crippen molar-refractivity contribution in [3.63, 3.8) is 0 Å². The monoisotopic (exact) mass is 1760 g/mol. The summed E-state index contributed by atoms with van der Waals surface area (Å²) >= 11 is 0. The molecule has 0 spiro atoms. The lowest BCUT2D eigenvalue weighted by atomic mass is 10.0. The molecule has 0 atom stereocenters. The molecular weight excluding hydrogens is 1660 g/mol. The van der Waals surface area contributed by atoms with E-state index in [0.717, 1.165) is 205 Å². The molecule has 135 heavy (non-hydrogen) atoms. The van der Waals surface area contributed by atoms with Gasteiger partial charge in [-0.2, -0.15) is 0 Å². The molecular formula is C116H101N19. The first-order valence-electron chi connectivity index (χ1n) is 46.5. The van der Waals surface area contributed by atoms with Crippen LogP contribution in [0.5, 0.6) is 0 Å². The summed E-state index contributed by atoms with van der Waals surface area (Å²) in [7, 11) is 8.39. The van der Waals surface area contributed by atoms with Gasteiger partial charge in [-0.25, -0.2) is 44.9 Å². The molecule has 0 radical (unpaired) electrons. The molecule has 0 unspecified atom stereocenters. The molecule has 0 fully saturated rings. The average molecular weight is 1760 g/mol. The van der Waals surface area contributed by atoms with Gasteiger partial charge in [0.1, 0.15) is 23.3 Å². The predicted molar refractivity (Wildman–Crippen MR) is 552 cm³/mol. The van der Waals surface area contributed by atoms with Gasteiger partial charge >= 0.3 is 0 Å². The molecule has 0 bridgehead atoms. The fourth-order valence-electron chi connectivity index (χ4n) is 19.1. The number of aryl methyl sites for hydroxylation is 19. The van der Waals surface area contributed by atoms with E-state index in [-0.39, 0.29) is 0 Å². The van der Waals surface area contributed by atoms with E-state index in [1.165, 1.54) is 121 Å². The third kappa shape index (κ3) is 17.2. The fourth-order valence-corrected chi connectivity index (χ4v) is 19.1. The Morgan fingerprint density at radius 3 is 0.933 bits per heavy atom. The Morgan fingerprint density at radius 1 is 0.222 bits per heavy atom. The van der Waals surface area contributed by atoms with Gasteiger partial charge in [0.05, 0.1) is 133 Å². The molecule has 19 heteroatoms. The first-order valence-corrected chi connectivity index (χ1v) is 46.5. The van der Waals surface area contributed by atoms with Gasteiger partial charge < -0.3 is 18.3 Å². The van der Waals surface area contributed by atoms with Crippen LogP contribution in [0.3, 0.4) is 0 Å². The van der Waals surface area contributed by atoms with Gasteiger partial charge in [0.25, 0.3) is 0 Å². The van der Waals surface area contributed by atoms with Crippen molar-refractivity contribution >= 4 is 165 Å². The maximum Gasteiger partial charge on any atom is 0.110 e. The van der Waals surface area contributed by atoms with Crippen molar-refractivity contribution in [2.45, 2.75) is 112 Å². The Labute approximate surface area is 781 Å². The second-order valence-corrected chi connectivity index (χ2v) is 35.6. The number of aliphatic imine (C=N–C) groups is 1. The van der Waals surface area contributed by atoms with Gasteiger partial charge in [-0.05, 0) is 194 Å². The SMILES string of the molecule is Cc1ccc(C)c2nc(CCC3=Nc4c(ccc5ccccc45)C3)cnc12.Cc1ccc(C)c2nc(CCc3nc4c5ccccc5ccc4n3C)cnc12.Cc1ccc(C)c2nc(CCc3nc4ccc5ccccc5c4n3C)cnc12.Cn1c(CCc2cnc3ccccc3n2)nc2c3ccccc3ccc21.Cn1c(CCc2cnc3ccccc3n2)nc2ccc3ccccc3c21. The number of aromatic nitrogens is 18. The topological polar surface area (TPSA) is 213 Å². The Balaban J connectivity index is 0.000000101. The highest BCUT2D eigenvalue weighted by molar-refractivity contribution is 6.08. The molecule has 0 N–H and O–H groups in total. The van der Waals surface area contributed by atoms with Crippen molar-refractivity contribution in [1.29, 1.82) is 0 Å². The van der Waals surface area contributed by atoms with Crippen LogP contribution in [0.25, 0.3) is 153 Å². The Kier molecular flexibility index (Phi) is 23.4. The average Bonchev–Trinajstić information content (AvgIpc) is 1.65. The Morgan fingerprint density at radius 2 is 0.526 bits per heavy atom. The van der Waals surface area contributed by atoms with Gasteiger partial charge in [-0.15, -0.1) is 0 Å². The van der Waals surface area contributed by atoms with Crippen LogP contribution in [0.2, 0.25) is 0 Å². The lowest BCUT2D eigenvalue weighted by Gasteiger charge is -2.07. The van der Waals surface area contributed by atoms with Gasteiger partial charge in [-0.3, -0.25) is 29.9 Å². The third-order valence-electron chi connectivity index (χ3n) is 26.6. The largest absolute Gasteiger partial charge is 0.331 e. The molecule has 1 aliphatic rings. The lowest BCUT2D eigenvalue weighted by molar-refractivity contribution is 0.775. The van der Waals surface area contributed by atoms with Crippen molar-refractivity contribution in [2.24, 2.45) is 33.2 Å². The smallest absolute Gasteiger partial charge is 0.110 e. The quantitative estimate of drug-likeness (QED) is 0.0934. The molecule has 10 heterocycles. The van der Waals surface area contributed by atoms with Crippen LogP contribution in [0, 0.1) is 41.5 Å². The van der Waals surface area contributed by atoms with Crippen molar-refractivity contribution in [2.75, 3.05) is 0 Å². The molecule has 660 valence electrons. The summed E-state index contributed by atoms with van der Waals surface area (Å²) in [5.74, 6) is 4.31. The molecule has 25 rings (SSSR count). The summed E-state index contributed by atoms with van der Waals surface area (Å²) in [5, 5.41) is 12.4. The number of benzene rings is 15. The second-order valence-electron chi connectivity index (χ2n) is 35.6. The van der Waals surface area contributed by atoms with Crippen LogP contribution in [0.1, 0.15) is 97.1 Å². The molecule has 24 aromatic rings. The number of imidazole rings is 4. The second kappa shape index (κ2) is 36.9. The minimum absolute atomic E-state index is 0.825. The van der Waals surface area contributed by atoms with Crippen LogP contribution in [-0.4, -0.2) is 93.8 Å². The van der Waals surface area contributed by atoms with E-state index < -0.39 is 0 Å². The Hall–Kier alpha value is -16.2. The van der Waals surface area contributed by atoms with E-state index in [1.807, 2.05) is 79.5 Å². The zero-order chi connectivity index (χ0) is 91.9. The molecule has 0 amide bonds. The summed E-state index contributed by atoms with van der Waals surface area (Å²) in [5.41, 5.74) is 34.6. The molecule has 0 aliphatic carbocycles. The molecule has 1 aliphatic heterocycles. The Bertz CT molecular complexity index is 8600. The number of para-hydroxylation sites is 4. The number of hydrogen-bond acceptors (Lipinski definition) is 15. The van der Waals surface area contributed by atoms with Crippen molar-refractivity contribution in [1.82, 2.24) is 88.0 Å². The zero-order valence-corrected chi connectivity index (χ0v) is 77.6. The summed E-state index contributed by atoms with van der Waals surface area (Å²) < 4.78 is 8.83. The first kappa shape index (κ1) is 85.6. The van der Waals surface area contributed by atoms with Crippen LogP contribution in [-0.2, 0) is 92.4 Å². The van der Waals surface area contributed by atoms with Crippen LogP contribution in [0.15, 0.2) is 303 Å². The number of nitrogens with zero attached hydrogens (tertiary/aromatic N) is 19. The van der Waals surface area contributed by atoms with Crippen molar-refractivity contribution in [3.05, 3.63) is 389 Å². The summed E-state index contributed by atoms with van der Waals surface area (Å²) in [4.78, 5) is 71.7. The van der Waals surface area contributed by atoms with Crippen molar-refractivity contribution < 1.29 is 0 Å². The van der Waals surface area contributed by atoms with E-state index in [9.17, 15) is 0 Å². The zero-order valence-electron chi connectivity index (χ0n) is 77.6. The normalized spacial score (nSPS) is 11.9. The minimum atomic E-state index is 0.825. The molecule has 0 saturated carbocycles. The van der Waals surface area contributed by atoms with Gasteiger partial charge in [0.2, 0.25) is 0 Å². The van der Waals surface area contributed by atoms with E-state index in [4.69, 9.17) is 49.8 Å². The number of fused-ring (bicyclic) bond motifs is 20. The van der Waals surface area contributed by atoms with Crippen LogP contribution < -0.4 is 0 Å². The highest BCUT2D eigenvalue weighted by Gasteiger charge is 2.22. The standard InChI is InChI=1S/2C24H22N4.C24H21N3.2C22H18N4/c1-15-8-9-16(2)23-22(15)25-14-18(26-23)11-13-21-27-24-19-7-5-4-6-17(19)10-12-20(24)28(21)3;1-15-8-9-16(2)23-22(15)25-14-18(26-23)11-13-21-27-20-12-10-17-6-4-5-7-19(17)24(20)28(21)3;1-15-7-8-16(2)23-22(15)25-14-20(27-23)12-11-19-13-18-10-9-17-5-3-4-6-21(17)24(18)26-19;1-26-20-12-10-15-6-2-3-7-17(15)22(20)25-21(26)13-11-16-14-23-18-8-4-5-9-19(18)24-16;1-26-21(13-11-16-14-23-18-8-4-5-9-19(18)24-16)25-20-12-10-15-6-2-3-7-17(15)22(20)26/h2*4-10,12,14H,11,13H2,1-3H3;3-10,14H,11-13H2,1-2H3;2*2-10,12,14H,11,13H2,1H3. The summed E-state index contributed by atoms with van der Waals surface area (Å²) in [6.07, 6.45) is 18.9. The van der Waals surface area contributed by atoms with Gasteiger partial charge in [-0.1, -0.05) is 218 Å². The van der Waals surface area contributed by atoms with E-state index in [2.05, 4.69) is 331 Å². The maximum absolute atomic E-state index is 4.96. The van der Waals surface area contributed by atoms with E-state index >= 15 is 0 Å². The predicted octanol–water partition coefficient (Wildman–Crippen LogP) is 24.7. The number of rotatable bonds is 15. The lowest BCUT2D eigenvalue weighted by Crippen LogP contribution is -2.03. The minimum Gasteiger partial charge on any atom is -0.331 e. The van der Waals surface area contributed by atoms with E-state index in [1.54, 1.807) is 0 Å². The van der Waals surface area contributed by atoms with Gasteiger partial charge in [0.15, 0.2) is 0 Å². The molecule has 19 nitrogen and oxygen atoms in total. The third-order valence-corrected chi connectivity index (χ3v) is 26.6. The summed E-state index contributed by atoms with van der Waals surface area (Å²) in [6.45, 7) is 12.5. The molecule has 15 aromatic carbocycles. The van der Waals surface area contributed by atoms with Crippen LogP contribution in [0.4, 0.5) is 5.69 Å². The molecule has 0 saturated heterocycles. The molecule has 9 aromatic heterocycles. The first-order chi connectivity index (χ1) is 66.0. The highest BCUT2D eigenvalue weighted by atomic mass is 15.1. The fraction of sp³-hybridized carbons (Fsp3) is 0.181. The number of hydrogen-bond donors (Lipinski definition) is 0.